The number of carbonyl (C=O) groups excluding carboxylic acids is 1. The van der Waals surface area contributed by atoms with Crippen LogP contribution in [-0.4, -0.2) is 30.8 Å². The number of nitrogens with zero attached hydrogens (tertiary/aromatic N) is 2. The number of carbonyl (C=O) groups is 1. The first kappa shape index (κ1) is 21.8. The van der Waals surface area contributed by atoms with Gasteiger partial charge in [-0.05, 0) is 55.5 Å². The Kier molecular flexibility index (Phi) is 6.99. The second-order valence-corrected chi connectivity index (χ2v) is 7.94. The summed E-state index contributed by atoms with van der Waals surface area (Å²) in [4.78, 5) is 18.1. The van der Waals surface area contributed by atoms with E-state index in [-0.39, 0.29) is 5.91 Å². The summed E-state index contributed by atoms with van der Waals surface area (Å²) in [5, 5.41) is 0. The summed E-state index contributed by atoms with van der Waals surface area (Å²) in [6, 6.07) is 22.4. The number of aromatic nitrogens is 1. The Hall–Kier alpha value is -3.42. The van der Waals surface area contributed by atoms with Crippen molar-refractivity contribution >= 4 is 27.5 Å². The summed E-state index contributed by atoms with van der Waals surface area (Å²) >= 11 is 1.45. The minimum atomic E-state index is -0.327. The molecule has 0 fully saturated rings. The van der Waals surface area contributed by atoms with Crippen molar-refractivity contribution in [1.29, 1.82) is 0 Å². The predicted octanol–water partition coefficient (Wildman–Crippen LogP) is 5.28. The fraction of sp³-hybridized carbons (Fsp3) is 0.200. The van der Waals surface area contributed by atoms with Crippen LogP contribution in [0.1, 0.15) is 17.3 Å². The van der Waals surface area contributed by atoms with Crippen LogP contribution in [0.3, 0.4) is 0 Å². The largest absolute Gasteiger partial charge is 0.497 e. The third-order valence-corrected chi connectivity index (χ3v) is 5.85. The molecular formula is C25H24N2O4S. The predicted molar refractivity (Wildman–Crippen MR) is 126 cm³/mol. The van der Waals surface area contributed by atoms with E-state index in [0.717, 1.165) is 16.0 Å². The highest BCUT2D eigenvalue weighted by molar-refractivity contribution is 7.16. The SMILES string of the molecule is CCOCCn1c(=NC(=O)c2cccc(Oc3ccccc3)c2)sc2cc(OC)ccc21. The van der Waals surface area contributed by atoms with E-state index in [2.05, 4.69) is 4.99 Å². The smallest absolute Gasteiger partial charge is 0.279 e. The molecular weight excluding hydrogens is 424 g/mol. The van der Waals surface area contributed by atoms with Crippen LogP contribution in [0.4, 0.5) is 0 Å². The van der Waals surface area contributed by atoms with Crippen molar-refractivity contribution in [2.24, 2.45) is 4.99 Å². The van der Waals surface area contributed by atoms with Gasteiger partial charge in [0.15, 0.2) is 4.80 Å². The lowest BCUT2D eigenvalue weighted by Gasteiger charge is -2.07. The van der Waals surface area contributed by atoms with E-state index in [1.54, 1.807) is 25.3 Å². The van der Waals surface area contributed by atoms with Crippen LogP contribution in [-0.2, 0) is 11.3 Å². The lowest BCUT2D eigenvalue weighted by Crippen LogP contribution is -2.19. The lowest BCUT2D eigenvalue weighted by molar-refractivity contribution is 0.0996. The fourth-order valence-corrected chi connectivity index (χ4v) is 4.33. The van der Waals surface area contributed by atoms with E-state index in [1.807, 2.05) is 66.1 Å². The van der Waals surface area contributed by atoms with Crippen molar-refractivity contribution in [3.63, 3.8) is 0 Å². The van der Waals surface area contributed by atoms with Gasteiger partial charge in [-0.15, -0.1) is 0 Å². The van der Waals surface area contributed by atoms with Crippen LogP contribution in [0.25, 0.3) is 10.2 Å². The van der Waals surface area contributed by atoms with Gasteiger partial charge in [-0.2, -0.15) is 4.99 Å². The van der Waals surface area contributed by atoms with Crippen LogP contribution in [0.2, 0.25) is 0 Å². The Bertz CT molecular complexity index is 1280. The number of benzene rings is 3. The number of amides is 1. The average molecular weight is 449 g/mol. The van der Waals surface area contributed by atoms with Crippen molar-refractivity contribution in [2.45, 2.75) is 13.5 Å². The van der Waals surface area contributed by atoms with Crippen molar-refractivity contribution < 1.29 is 19.0 Å². The molecule has 6 nitrogen and oxygen atoms in total. The van der Waals surface area contributed by atoms with Gasteiger partial charge in [0.25, 0.3) is 5.91 Å². The van der Waals surface area contributed by atoms with Crippen molar-refractivity contribution in [2.75, 3.05) is 20.3 Å². The van der Waals surface area contributed by atoms with Gasteiger partial charge in [0.05, 0.1) is 23.9 Å². The molecule has 0 spiro atoms. The summed E-state index contributed by atoms with van der Waals surface area (Å²) in [7, 11) is 1.64. The van der Waals surface area contributed by atoms with Gasteiger partial charge < -0.3 is 18.8 Å². The molecule has 1 amide bonds. The summed E-state index contributed by atoms with van der Waals surface area (Å²) in [5.41, 5.74) is 1.45. The van der Waals surface area contributed by atoms with E-state index < -0.39 is 0 Å². The molecule has 0 aliphatic heterocycles. The maximum atomic E-state index is 13.0. The van der Waals surface area contributed by atoms with Gasteiger partial charge in [0.1, 0.15) is 17.2 Å². The first-order valence-electron chi connectivity index (χ1n) is 10.3. The monoisotopic (exact) mass is 448 g/mol. The molecule has 1 heterocycles. The topological polar surface area (TPSA) is 62.1 Å². The number of thiazole rings is 1. The molecule has 0 saturated heterocycles. The molecule has 7 heteroatoms. The van der Waals surface area contributed by atoms with Gasteiger partial charge in [0.2, 0.25) is 0 Å². The lowest BCUT2D eigenvalue weighted by atomic mass is 10.2. The number of ether oxygens (including phenoxy) is 3. The molecule has 0 radical (unpaired) electrons. The zero-order chi connectivity index (χ0) is 22.3. The molecule has 164 valence electrons. The number of rotatable bonds is 8. The first-order valence-corrected chi connectivity index (χ1v) is 11.2. The number of hydrogen-bond donors (Lipinski definition) is 0. The standard InChI is InChI=1S/C25H24N2O4S/c1-3-30-15-14-27-22-13-12-20(29-2)17-23(22)32-25(27)26-24(28)18-8-7-11-21(16-18)31-19-9-5-4-6-10-19/h4-13,16-17H,3,14-15H2,1-2H3. The van der Waals surface area contributed by atoms with Gasteiger partial charge in [0, 0.05) is 18.7 Å². The fourth-order valence-electron chi connectivity index (χ4n) is 3.25. The van der Waals surface area contributed by atoms with E-state index in [4.69, 9.17) is 14.2 Å². The highest BCUT2D eigenvalue weighted by Gasteiger charge is 2.11. The highest BCUT2D eigenvalue weighted by atomic mass is 32.1. The molecule has 0 bridgehead atoms. The van der Waals surface area contributed by atoms with Crippen LogP contribution >= 0.6 is 11.3 Å². The molecule has 0 N–H and O–H groups in total. The molecule has 4 rings (SSSR count). The van der Waals surface area contributed by atoms with E-state index in [9.17, 15) is 4.79 Å². The normalized spacial score (nSPS) is 11.6. The number of methoxy groups -OCH3 is 1. The Morgan fingerprint density at radius 2 is 1.78 bits per heavy atom. The van der Waals surface area contributed by atoms with Gasteiger partial charge in [-0.1, -0.05) is 35.6 Å². The molecule has 3 aromatic carbocycles. The van der Waals surface area contributed by atoms with Crippen molar-refractivity contribution in [1.82, 2.24) is 4.57 Å². The molecule has 0 saturated carbocycles. The number of para-hydroxylation sites is 1. The molecule has 1 aromatic heterocycles. The molecule has 0 aliphatic carbocycles. The molecule has 0 atom stereocenters. The van der Waals surface area contributed by atoms with Gasteiger partial charge >= 0.3 is 0 Å². The zero-order valence-corrected chi connectivity index (χ0v) is 18.8. The van der Waals surface area contributed by atoms with E-state index in [0.29, 0.717) is 41.6 Å². The van der Waals surface area contributed by atoms with Crippen LogP contribution in [0, 0.1) is 0 Å². The minimum Gasteiger partial charge on any atom is -0.497 e. The van der Waals surface area contributed by atoms with E-state index >= 15 is 0 Å². The Morgan fingerprint density at radius 1 is 0.969 bits per heavy atom. The zero-order valence-electron chi connectivity index (χ0n) is 18.0. The average Bonchev–Trinajstić information content (AvgIpc) is 3.16. The molecule has 0 unspecified atom stereocenters. The van der Waals surface area contributed by atoms with Gasteiger partial charge in [-0.3, -0.25) is 4.79 Å². The summed E-state index contributed by atoms with van der Waals surface area (Å²) in [5.74, 6) is 1.73. The van der Waals surface area contributed by atoms with Crippen LogP contribution < -0.4 is 14.3 Å². The third-order valence-electron chi connectivity index (χ3n) is 4.81. The second kappa shape index (κ2) is 10.3. The second-order valence-electron chi connectivity index (χ2n) is 6.93. The van der Waals surface area contributed by atoms with Crippen molar-refractivity contribution in [3.8, 4) is 17.2 Å². The summed E-state index contributed by atoms with van der Waals surface area (Å²) in [6.07, 6.45) is 0. The van der Waals surface area contributed by atoms with Crippen LogP contribution in [0.5, 0.6) is 17.2 Å². The number of hydrogen-bond acceptors (Lipinski definition) is 5. The maximum absolute atomic E-state index is 13.0. The molecule has 4 aromatic rings. The van der Waals surface area contributed by atoms with Crippen molar-refractivity contribution in [3.05, 3.63) is 83.2 Å². The summed E-state index contributed by atoms with van der Waals surface area (Å²) < 4.78 is 19.7. The Labute approximate surface area is 190 Å². The maximum Gasteiger partial charge on any atom is 0.279 e. The third kappa shape index (κ3) is 5.07. The molecule has 0 aliphatic rings. The molecule has 32 heavy (non-hydrogen) atoms. The first-order chi connectivity index (χ1) is 15.7. The van der Waals surface area contributed by atoms with Crippen LogP contribution in [0.15, 0.2) is 77.8 Å². The Balaban J connectivity index is 1.67. The quantitative estimate of drug-likeness (QED) is 0.344. The van der Waals surface area contributed by atoms with E-state index in [1.165, 1.54) is 11.3 Å². The Morgan fingerprint density at radius 3 is 2.56 bits per heavy atom. The highest BCUT2D eigenvalue weighted by Crippen LogP contribution is 2.24. The summed E-state index contributed by atoms with van der Waals surface area (Å²) in [6.45, 7) is 3.73. The number of fused-ring (bicyclic) bond motifs is 1. The van der Waals surface area contributed by atoms with Gasteiger partial charge in [-0.25, -0.2) is 0 Å². The minimum absolute atomic E-state index is 0.327.